The molecule has 4 aromatic rings. The zero-order valence-electron chi connectivity index (χ0n) is 17.6. The number of aromatic nitrogens is 4. The van der Waals surface area contributed by atoms with Gasteiger partial charge in [0.15, 0.2) is 11.0 Å². The topological polar surface area (TPSA) is 108 Å². The van der Waals surface area contributed by atoms with Crippen LogP contribution in [0, 0.1) is 0 Å². The van der Waals surface area contributed by atoms with E-state index in [0.29, 0.717) is 34.2 Å². The lowest BCUT2D eigenvalue weighted by atomic mass is 10.3. The largest absolute Gasteiger partial charge is 0.497 e. The molecule has 2 heterocycles. The number of thiazole rings is 1. The summed E-state index contributed by atoms with van der Waals surface area (Å²) in [6, 6.07) is 15.1. The third-order valence-corrected chi connectivity index (χ3v) is 6.59. The molecule has 2 N–H and O–H groups in total. The third kappa shape index (κ3) is 4.78. The van der Waals surface area contributed by atoms with Gasteiger partial charge in [0.05, 0.1) is 23.1 Å². The predicted molar refractivity (Wildman–Crippen MR) is 126 cm³/mol. The molecule has 0 spiro atoms. The molecule has 2 aromatic heterocycles. The second kappa shape index (κ2) is 9.88. The summed E-state index contributed by atoms with van der Waals surface area (Å²) in [7, 11) is 1.59. The van der Waals surface area contributed by atoms with Crippen molar-refractivity contribution in [2.24, 2.45) is 0 Å². The van der Waals surface area contributed by atoms with E-state index in [2.05, 4.69) is 15.2 Å². The summed E-state index contributed by atoms with van der Waals surface area (Å²) in [5, 5.41) is 9.28. The highest BCUT2D eigenvalue weighted by molar-refractivity contribution is 7.99. The number of hydrogen-bond donors (Lipinski definition) is 1. The van der Waals surface area contributed by atoms with Crippen molar-refractivity contribution >= 4 is 44.4 Å². The molecule has 0 aliphatic heterocycles. The second-order valence-corrected chi connectivity index (χ2v) is 8.58. The summed E-state index contributed by atoms with van der Waals surface area (Å²) in [5.41, 5.74) is 0.883. The molecule has 4 rings (SSSR count). The first kappa shape index (κ1) is 21.9. The highest BCUT2D eigenvalue weighted by atomic mass is 32.2. The van der Waals surface area contributed by atoms with Crippen LogP contribution >= 0.6 is 23.1 Å². The summed E-state index contributed by atoms with van der Waals surface area (Å²) < 4.78 is 13.3. The smallest absolute Gasteiger partial charge is 0.239 e. The van der Waals surface area contributed by atoms with Crippen molar-refractivity contribution in [3.8, 4) is 11.5 Å². The van der Waals surface area contributed by atoms with E-state index < -0.39 is 0 Å². The molecule has 0 unspecified atom stereocenters. The molecule has 166 valence electrons. The maximum Gasteiger partial charge on any atom is 0.239 e. The number of nitrogen functional groups attached to an aromatic ring is 1. The first-order chi connectivity index (χ1) is 15.6. The Kier molecular flexibility index (Phi) is 6.76. The number of carbonyl (C=O) groups excluding carboxylic acids is 1. The van der Waals surface area contributed by atoms with Gasteiger partial charge in [0, 0.05) is 12.6 Å². The Labute approximate surface area is 193 Å². The lowest BCUT2D eigenvalue weighted by molar-refractivity contribution is -0.116. The number of anilines is 1. The summed E-state index contributed by atoms with van der Waals surface area (Å²) in [6.07, 6.45) is 0. The number of carbonyl (C=O) groups is 1. The number of thioether (sulfide) groups is 1. The number of para-hydroxylation sites is 1. The zero-order valence-corrected chi connectivity index (χ0v) is 19.2. The average molecular weight is 471 g/mol. The van der Waals surface area contributed by atoms with E-state index >= 15 is 0 Å². The summed E-state index contributed by atoms with van der Waals surface area (Å²) in [6.45, 7) is 2.58. The van der Waals surface area contributed by atoms with Gasteiger partial charge in [-0.05, 0) is 31.2 Å². The molecule has 0 bridgehead atoms. The number of nitrogens with two attached hydrogens (primary N) is 1. The number of amides is 1. The standard InChI is InChI=1S/C21H22N6O3S2/c1-3-26(20-23-16-9-4-5-10-17(16)32-20)19(28)13-31-21-25-24-18(27(21)22)12-30-15-8-6-7-14(11-15)29-2/h4-11H,3,12-13,22H2,1-2H3. The molecule has 11 heteroatoms. The van der Waals surface area contributed by atoms with Crippen molar-refractivity contribution in [2.45, 2.75) is 18.7 Å². The summed E-state index contributed by atoms with van der Waals surface area (Å²) >= 11 is 2.72. The van der Waals surface area contributed by atoms with Crippen molar-refractivity contribution in [1.82, 2.24) is 19.9 Å². The number of rotatable bonds is 9. The van der Waals surface area contributed by atoms with Crippen molar-refractivity contribution in [3.05, 3.63) is 54.4 Å². The molecule has 0 aliphatic carbocycles. The van der Waals surface area contributed by atoms with E-state index in [1.165, 1.54) is 27.8 Å². The van der Waals surface area contributed by atoms with Crippen LogP contribution in [0.4, 0.5) is 5.13 Å². The minimum absolute atomic E-state index is 0.0752. The number of benzene rings is 2. The first-order valence-corrected chi connectivity index (χ1v) is 11.6. The Balaban J connectivity index is 1.37. The molecule has 0 saturated heterocycles. The maximum atomic E-state index is 12.9. The van der Waals surface area contributed by atoms with Crippen molar-refractivity contribution < 1.29 is 14.3 Å². The predicted octanol–water partition coefficient (Wildman–Crippen LogP) is 3.33. The number of methoxy groups -OCH3 is 1. The van der Waals surface area contributed by atoms with Crippen LogP contribution in [0.1, 0.15) is 12.7 Å². The van der Waals surface area contributed by atoms with Gasteiger partial charge in [0.1, 0.15) is 18.1 Å². The normalized spacial score (nSPS) is 10.9. The number of fused-ring (bicyclic) bond motifs is 1. The van der Waals surface area contributed by atoms with Crippen LogP contribution in [0.5, 0.6) is 11.5 Å². The maximum absolute atomic E-state index is 12.9. The summed E-state index contributed by atoms with van der Waals surface area (Å²) in [5.74, 6) is 7.97. The molecule has 0 atom stereocenters. The van der Waals surface area contributed by atoms with Gasteiger partial charge in [-0.25, -0.2) is 9.66 Å². The fourth-order valence-corrected chi connectivity index (χ4v) is 4.74. The fourth-order valence-electron chi connectivity index (χ4n) is 2.94. The SMILES string of the molecule is CCN(C(=O)CSc1nnc(COc2cccc(OC)c2)n1N)c1nc2ccccc2s1. The van der Waals surface area contributed by atoms with Crippen LogP contribution in [0.2, 0.25) is 0 Å². The Morgan fingerprint density at radius 2 is 2.00 bits per heavy atom. The van der Waals surface area contributed by atoms with Gasteiger partial charge >= 0.3 is 0 Å². The van der Waals surface area contributed by atoms with Gasteiger partial charge in [-0.1, -0.05) is 41.3 Å². The lowest BCUT2D eigenvalue weighted by Gasteiger charge is -2.17. The van der Waals surface area contributed by atoms with E-state index in [1.54, 1.807) is 18.1 Å². The fraction of sp³-hybridized carbons (Fsp3) is 0.238. The Morgan fingerprint density at radius 3 is 2.78 bits per heavy atom. The Hall–Kier alpha value is -3.31. The van der Waals surface area contributed by atoms with E-state index in [0.717, 1.165) is 10.2 Å². The Morgan fingerprint density at radius 1 is 1.19 bits per heavy atom. The third-order valence-electron chi connectivity index (χ3n) is 4.60. The molecule has 0 fully saturated rings. The summed E-state index contributed by atoms with van der Waals surface area (Å²) in [4.78, 5) is 19.1. The minimum atomic E-state index is -0.0752. The van der Waals surface area contributed by atoms with Crippen LogP contribution in [-0.2, 0) is 11.4 Å². The first-order valence-electron chi connectivity index (χ1n) is 9.84. The van der Waals surface area contributed by atoms with Crippen molar-refractivity contribution in [1.29, 1.82) is 0 Å². The molecule has 1 amide bonds. The van der Waals surface area contributed by atoms with Gasteiger partial charge in [0.25, 0.3) is 0 Å². The van der Waals surface area contributed by atoms with Gasteiger partial charge in [0.2, 0.25) is 11.1 Å². The Bertz CT molecular complexity index is 1190. The van der Waals surface area contributed by atoms with E-state index in [4.69, 9.17) is 15.3 Å². The van der Waals surface area contributed by atoms with E-state index in [1.807, 2.05) is 49.4 Å². The molecule has 0 aliphatic rings. The zero-order chi connectivity index (χ0) is 22.5. The molecule has 32 heavy (non-hydrogen) atoms. The van der Waals surface area contributed by atoms with Crippen LogP contribution in [0.15, 0.2) is 53.7 Å². The molecule has 0 radical (unpaired) electrons. The number of hydrogen-bond acceptors (Lipinski definition) is 9. The van der Waals surface area contributed by atoms with Crippen molar-refractivity contribution in [3.63, 3.8) is 0 Å². The number of nitrogens with zero attached hydrogens (tertiary/aromatic N) is 5. The molecule has 2 aromatic carbocycles. The average Bonchev–Trinajstić information content (AvgIpc) is 3.40. The van der Waals surface area contributed by atoms with Crippen molar-refractivity contribution in [2.75, 3.05) is 30.1 Å². The van der Waals surface area contributed by atoms with Crippen LogP contribution < -0.4 is 20.2 Å². The molecular weight excluding hydrogens is 448 g/mol. The second-order valence-electron chi connectivity index (χ2n) is 6.63. The minimum Gasteiger partial charge on any atom is -0.497 e. The van der Waals surface area contributed by atoms with Gasteiger partial charge in [-0.15, -0.1) is 10.2 Å². The van der Waals surface area contributed by atoms with Gasteiger partial charge in [-0.2, -0.15) is 0 Å². The lowest BCUT2D eigenvalue weighted by Crippen LogP contribution is -2.32. The van der Waals surface area contributed by atoms with Gasteiger partial charge < -0.3 is 15.3 Å². The molecular formula is C21H22N6O3S2. The highest BCUT2D eigenvalue weighted by Crippen LogP contribution is 2.29. The van der Waals surface area contributed by atoms with E-state index in [9.17, 15) is 4.79 Å². The van der Waals surface area contributed by atoms with Crippen LogP contribution in [0.3, 0.4) is 0 Å². The highest BCUT2D eigenvalue weighted by Gasteiger charge is 2.20. The van der Waals surface area contributed by atoms with Gasteiger partial charge in [-0.3, -0.25) is 9.69 Å². The monoisotopic (exact) mass is 470 g/mol. The molecule has 9 nitrogen and oxygen atoms in total. The van der Waals surface area contributed by atoms with Crippen LogP contribution in [-0.4, -0.2) is 45.2 Å². The van der Waals surface area contributed by atoms with Crippen LogP contribution in [0.25, 0.3) is 10.2 Å². The quantitative estimate of drug-likeness (QED) is 0.293. The van der Waals surface area contributed by atoms with E-state index in [-0.39, 0.29) is 18.3 Å². The molecule has 0 saturated carbocycles. The number of ether oxygens (including phenoxy) is 2.